The normalized spacial score (nSPS) is 21.3. The Hall–Kier alpha value is -0.840. The molecule has 1 fully saturated rings. The first-order valence-electron chi connectivity index (χ1n) is 7.67. The van der Waals surface area contributed by atoms with Crippen molar-refractivity contribution in [2.24, 2.45) is 5.92 Å². The van der Waals surface area contributed by atoms with Crippen LogP contribution in [-0.2, 0) is 0 Å². The van der Waals surface area contributed by atoms with Crippen molar-refractivity contribution < 1.29 is 9.53 Å². The van der Waals surface area contributed by atoms with Crippen molar-refractivity contribution >= 4 is 41.1 Å². The van der Waals surface area contributed by atoms with Crippen molar-refractivity contribution in [2.45, 2.75) is 31.7 Å². The van der Waals surface area contributed by atoms with E-state index in [1.165, 1.54) is 0 Å². The third kappa shape index (κ3) is 5.94. The molecule has 0 heterocycles. The van der Waals surface area contributed by atoms with Crippen molar-refractivity contribution in [1.82, 2.24) is 4.90 Å². The second-order valence-corrected chi connectivity index (χ2v) is 7.33. The zero-order chi connectivity index (χ0) is 16.7. The predicted octanol–water partition coefficient (Wildman–Crippen LogP) is 5.77. The van der Waals surface area contributed by atoms with Crippen LogP contribution in [0.4, 0.5) is 4.79 Å². The summed E-state index contributed by atoms with van der Waals surface area (Å²) in [6.07, 6.45) is 3.98. The van der Waals surface area contributed by atoms with E-state index >= 15 is 0 Å². The third-order valence-electron chi connectivity index (χ3n) is 4.15. The number of benzene rings is 1. The maximum absolute atomic E-state index is 12.2. The average Bonchev–Trinajstić information content (AvgIpc) is 2.57. The van der Waals surface area contributed by atoms with Gasteiger partial charge in [-0.1, -0.05) is 23.2 Å². The lowest BCUT2D eigenvalue weighted by molar-refractivity contribution is 0.127. The summed E-state index contributed by atoms with van der Waals surface area (Å²) in [7, 11) is 1.81. The van der Waals surface area contributed by atoms with Gasteiger partial charge >= 0.3 is 6.09 Å². The monoisotopic (exact) mass is 373 g/mol. The van der Waals surface area contributed by atoms with E-state index in [9.17, 15) is 4.79 Å². The molecular formula is C17H21Cl2NO2S. The van der Waals surface area contributed by atoms with Gasteiger partial charge in [-0.2, -0.15) is 0 Å². The van der Waals surface area contributed by atoms with Crippen LogP contribution in [0.3, 0.4) is 0 Å². The van der Waals surface area contributed by atoms with Crippen molar-refractivity contribution in [3.63, 3.8) is 0 Å². The summed E-state index contributed by atoms with van der Waals surface area (Å²) in [4.78, 5) is 14.0. The van der Waals surface area contributed by atoms with Crippen LogP contribution in [0.1, 0.15) is 25.7 Å². The summed E-state index contributed by atoms with van der Waals surface area (Å²) in [5, 5.41) is 2.54. The average molecular weight is 374 g/mol. The predicted molar refractivity (Wildman–Crippen MR) is 98.4 cm³/mol. The lowest BCUT2D eigenvalue weighted by Crippen LogP contribution is -2.41. The molecule has 0 spiro atoms. The SMILES string of the molecule is CN(C(=O)Oc1ccc(Cl)cc1)[C@H]1CC[C@H](CSC=CCl)CC1. The Morgan fingerprint density at radius 3 is 2.57 bits per heavy atom. The van der Waals surface area contributed by atoms with Gasteiger partial charge in [0.1, 0.15) is 5.75 Å². The Morgan fingerprint density at radius 2 is 1.96 bits per heavy atom. The number of ether oxygens (including phenoxy) is 1. The molecule has 0 saturated heterocycles. The summed E-state index contributed by atoms with van der Waals surface area (Å²) in [5.41, 5.74) is 1.55. The van der Waals surface area contributed by atoms with Gasteiger partial charge in [-0.3, -0.25) is 0 Å². The Kier molecular flexibility index (Phi) is 7.60. The highest BCUT2D eigenvalue weighted by Gasteiger charge is 2.27. The minimum absolute atomic E-state index is 0.250. The lowest BCUT2D eigenvalue weighted by atomic mass is 9.87. The Bertz CT molecular complexity index is 528. The molecule has 0 radical (unpaired) electrons. The summed E-state index contributed by atoms with van der Waals surface area (Å²) in [6, 6.07) is 7.07. The van der Waals surface area contributed by atoms with Crippen molar-refractivity contribution in [3.8, 4) is 5.75 Å². The second-order valence-electron chi connectivity index (χ2n) is 5.70. The highest BCUT2D eigenvalue weighted by molar-refractivity contribution is 8.02. The molecule has 1 aromatic rings. The number of nitrogens with zero attached hydrogens (tertiary/aromatic N) is 1. The molecule has 6 heteroatoms. The zero-order valence-corrected chi connectivity index (χ0v) is 15.4. The molecule has 0 atom stereocenters. The van der Waals surface area contributed by atoms with E-state index < -0.39 is 0 Å². The van der Waals surface area contributed by atoms with E-state index in [0.717, 1.165) is 31.4 Å². The third-order valence-corrected chi connectivity index (χ3v) is 5.67. The fraction of sp³-hybridized carbons (Fsp3) is 0.471. The van der Waals surface area contributed by atoms with Gasteiger partial charge in [0, 0.05) is 29.4 Å². The van der Waals surface area contributed by atoms with Gasteiger partial charge in [-0.25, -0.2) is 4.79 Å². The van der Waals surface area contributed by atoms with E-state index in [-0.39, 0.29) is 12.1 Å². The van der Waals surface area contributed by atoms with Crippen LogP contribution in [0.5, 0.6) is 5.75 Å². The molecule has 2 rings (SSSR count). The number of amides is 1. The van der Waals surface area contributed by atoms with Gasteiger partial charge in [0.25, 0.3) is 0 Å². The molecule has 1 saturated carbocycles. The van der Waals surface area contributed by atoms with Crippen LogP contribution < -0.4 is 4.74 Å². The van der Waals surface area contributed by atoms with Crippen LogP contribution in [0.2, 0.25) is 5.02 Å². The Morgan fingerprint density at radius 1 is 1.30 bits per heavy atom. The summed E-state index contributed by atoms with van der Waals surface area (Å²) in [5.74, 6) is 2.31. The van der Waals surface area contributed by atoms with Crippen LogP contribution in [0.25, 0.3) is 0 Å². The number of hydrogen-bond acceptors (Lipinski definition) is 3. The maximum atomic E-state index is 12.2. The Balaban J connectivity index is 1.78. The molecule has 23 heavy (non-hydrogen) atoms. The molecule has 126 valence electrons. The van der Waals surface area contributed by atoms with Gasteiger partial charge < -0.3 is 9.64 Å². The molecule has 0 N–H and O–H groups in total. The van der Waals surface area contributed by atoms with Gasteiger partial charge in [-0.15, -0.1) is 11.8 Å². The molecular weight excluding hydrogens is 353 g/mol. The molecule has 0 aromatic heterocycles. The largest absolute Gasteiger partial charge is 0.415 e. The van der Waals surface area contributed by atoms with E-state index in [1.807, 2.05) is 12.5 Å². The van der Waals surface area contributed by atoms with E-state index in [0.29, 0.717) is 16.7 Å². The highest BCUT2D eigenvalue weighted by atomic mass is 35.5. The van der Waals surface area contributed by atoms with Crippen molar-refractivity contribution in [1.29, 1.82) is 0 Å². The number of thioether (sulfide) groups is 1. The lowest BCUT2D eigenvalue weighted by Gasteiger charge is -2.33. The number of hydrogen-bond donors (Lipinski definition) is 0. The van der Waals surface area contributed by atoms with Gasteiger partial charge in [0.15, 0.2) is 0 Å². The fourth-order valence-corrected chi connectivity index (χ4v) is 3.88. The molecule has 3 nitrogen and oxygen atoms in total. The van der Waals surface area contributed by atoms with E-state index in [2.05, 4.69) is 0 Å². The first-order valence-corrected chi connectivity index (χ1v) is 9.53. The minimum Gasteiger partial charge on any atom is -0.410 e. The molecule has 0 unspecified atom stereocenters. The summed E-state index contributed by atoms with van der Waals surface area (Å²) >= 11 is 13.1. The van der Waals surface area contributed by atoms with Gasteiger partial charge in [-0.05, 0) is 61.3 Å². The molecule has 1 aromatic carbocycles. The van der Waals surface area contributed by atoms with E-state index in [4.69, 9.17) is 27.9 Å². The highest BCUT2D eigenvalue weighted by Crippen LogP contribution is 2.30. The molecule has 0 bridgehead atoms. The molecule has 1 aliphatic rings. The first kappa shape index (κ1) is 18.5. The standard InChI is InChI=1S/C17H21Cl2NO2S/c1-20(17(21)22-16-8-4-14(19)5-9-16)15-6-2-13(3-7-15)12-23-11-10-18/h4-5,8-11,13,15H,2-3,6-7,12H2,1H3/t13-,15-. The topological polar surface area (TPSA) is 29.5 Å². The van der Waals surface area contributed by atoms with Crippen LogP contribution >= 0.6 is 35.0 Å². The first-order chi connectivity index (χ1) is 11.1. The number of carbonyl (C=O) groups is 1. The quantitative estimate of drug-likeness (QED) is 0.655. The summed E-state index contributed by atoms with van der Waals surface area (Å²) in [6.45, 7) is 0. The second kappa shape index (κ2) is 9.45. The maximum Gasteiger partial charge on any atom is 0.415 e. The zero-order valence-electron chi connectivity index (χ0n) is 13.1. The fourth-order valence-electron chi connectivity index (χ4n) is 2.75. The van der Waals surface area contributed by atoms with Crippen LogP contribution in [0.15, 0.2) is 35.2 Å². The van der Waals surface area contributed by atoms with Crippen molar-refractivity contribution in [3.05, 3.63) is 40.2 Å². The molecule has 1 amide bonds. The number of rotatable bonds is 5. The number of carbonyl (C=O) groups excluding carboxylic acids is 1. The van der Waals surface area contributed by atoms with E-state index in [1.54, 1.807) is 46.5 Å². The minimum atomic E-state index is -0.310. The molecule has 0 aliphatic heterocycles. The Labute approximate surface area is 152 Å². The van der Waals surface area contributed by atoms with Crippen molar-refractivity contribution in [2.75, 3.05) is 12.8 Å². The van der Waals surface area contributed by atoms with Crippen LogP contribution in [-0.4, -0.2) is 29.8 Å². The molecule has 1 aliphatic carbocycles. The van der Waals surface area contributed by atoms with Gasteiger partial charge in [0.2, 0.25) is 0 Å². The summed E-state index contributed by atoms with van der Waals surface area (Å²) < 4.78 is 5.39. The smallest absolute Gasteiger partial charge is 0.410 e. The van der Waals surface area contributed by atoms with Gasteiger partial charge in [0.05, 0.1) is 0 Å². The number of halogens is 2. The van der Waals surface area contributed by atoms with Crippen LogP contribution in [0, 0.1) is 5.92 Å².